The number of H-pyrrole nitrogens is 1. The molecule has 0 unspecified atom stereocenters. The summed E-state index contributed by atoms with van der Waals surface area (Å²) in [5.41, 5.74) is -0.170. The number of ether oxygens (including phenoxy) is 2. The van der Waals surface area contributed by atoms with Gasteiger partial charge in [0.25, 0.3) is 0 Å². The van der Waals surface area contributed by atoms with E-state index in [9.17, 15) is 14.4 Å². The van der Waals surface area contributed by atoms with Crippen molar-refractivity contribution >= 4 is 17.8 Å². The Morgan fingerprint density at radius 2 is 1.95 bits per heavy atom. The van der Waals surface area contributed by atoms with Crippen molar-refractivity contribution in [1.29, 1.82) is 0 Å². The molecule has 0 amide bonds. The van der Waals surface area contributed by atoms with Crippen LogP contribution in [0.5, 0.6) is 0 Å². The van der Waals surface area contributed by atoms with Crippen LogP contribution in [-0.4, -0.2) is 30.1 Å². The minimum absolute atomic E-state index is 0.111. The molecule has 1 aromatic rings. The third-order valence-electron chi connectivity index (χ3n) is 2.35. The quantitative estimate of drug-likeness (QED) is 0.579. The van der Waals surface area contributed by atoms with E-state index in [4.69, 9.17) is 9.47 Å². The molecule has 0 saturated heterocycles. The Kier molecular flexibility index (Phi) is 6.73. The van der Waals surface area contributed by atoms with Crippen molar-refractivity contribution in [2.75, 3.05) is 18.5 Å². The summed E-state index contributed by atoms with van der Waals surface area (Å²) in [5, 5.41) is 2.75. The van der Waals surface area contributed by atoms with Gasteiger partial charge in [0.05, 0.1) is 25.2 Å². The van der Waals surface area contributed by atoms with Crippen LogP contribution in [0.1, 0.15) is 20.3 Å². The largest absolute Gasteiger partial charge is 0.466 e. The molecule has 0 fully saturated rings. The van der Waals surface area contributed by atoms with Gasteiger partial charge in [-0.05, 0) is 19.9 Å². The van der Waals surface area contributed by atoms with Crippen molar-refractivity contribution in [1.82, 2.24) is 4.98 Å². The lowest BCUT2D eigenvalue weighted by atomic mass is 10.2. The van der Waals surface area contributed by atoms with E-state index in [1.165, 1.54) is 12.3 Å². The molecule has 0 spiro atoms. The van der Waals surface area contributed by atoms with Crippen LogP contribution < -0.4 is 10.9 Å². The zero-order valence-electron chi connectivity index (χ0n) is 12.0. The van der Waals surface area contributed by atoms with Crippen LogP contribution in [-0.2, 0) is 19.1 Å². The van der Waals surface area contributed by atoms with E-state index in [0.29, 0.717) is 5.82 Å². The number of hydrogen-bond donors (Lipinski definition) is 2. The molecule has 0 saturated carbocycles. The summed E-state index contributed by atoms with van der Waals surface area (Å²) in [4.78, 5) is 36.9. The molecule has 7 nitrogen and oxygen atoms in total. The van der Waals surface area contributed by atoms with Crippen molar-refractivity contribution in [3.63, 3.8) is 0 Å². The Bertz CT molecular complexity index is 577. The summed E-state index contributed by atoms with van der Waals surface area (Å²) in [5.74, 6) is -0.746. The van der Waals surface area contributed by atoms with Crippen molar-refractivity contribution in [3.05, 3.63) is 40.3 Å². The summed E-state index contributed by atoms with van der Waals surface area (Å²) in [6.07, 6.45) is 1.11. The highest BCUT2D eigenvalue weighted by molar-refractivity contribution is 5.94. The van der Waals surface area contributed by atoms with Gasteiger partial charge in [-0.1, -0.05) is 6.07 Å². The van der Waals surface area contributed by atoms with Gasteiger partial charge in [0.2, 0.25) is 5.56 Å². The molecule has 114 valence electrons. The fraction of sp³-hybridized carbons (Fsp3) is 0.357. The number of carbonyl (C=O) groups is 2. The number of anilines is 1. The SMILES string of the molecule is CCOC(=O)C/C(=C/Nc1cccc(=O)[nH]1)C(=O)OCC. The number of aromatic amines is 1. The molecule has 0 aliphatic heterocycles. The number of pyridine rings is 1. The second-order valence-corrected chi connectivity index (χ2v) is 3.94. The van der Waals surface area contributed by atoms with Gasteiger partial charge in [0.15, 0.2) is 0 Å². The summed E-state index contributed by atoms with van der Waals surface area (Å²) in [6.45, 7) is 3.77. The van der Waals surface area contributed by atoms with Crippen molar-refractivity contribution in [2.45, 2.75) is 20.3 Å². The first-order chi connectivity index (χ1) is 10.1. The molecule has 1 aromatic heterocycles. The molecule has 21 heavy (non-hydrogen) atoms. The number of rotatable bonds is 7. The lowest BCUT2D eigenvalue weighted by molar-refractivity contribution is -0.145. The smallest absolute Gasteiger partial charge is 0.336 e. The molecule has 0 bridgehead atoms. The number of aromatic nitrogens is 1. The zero-order chi connectivity index (χ0) is 15.7. The number of nitrogens with one attached hydrogen (secondary N) is 2. The number of esters is 2. The highest BCUT2D eigenvalue weighted by Crippen LogP contribution is 2.08. The fourth-order valence-corrected chi connectivity index (χ4v) is 1.47. The molecule has 0 aromatic carbocycles. The van der Waals surface area contributed by atoms with E-state index in [-0.39, 0.29) is 30.8 Å². The monoisotopic (exact) mass is 294 g/mol. The third-order valence-corrected chi connectivity index (χ3v) is 2.35. The minimum Gasteiger partial charge on any atom is -0.466 e. The standard InChI is InChI=1S/C14H18N2O5/c1-3-20-13(18)8-10(14(19)21-4-2)9-15-11-6-5-7-12(17)16-11/h5-7,9H,3-4,8H2,1-2H3,(H2,15,16,17)/b10-9-. The molecule has 0 aliphatic rings. The van der Waals surface area contributed by atoms with Crippen LogP contribution in [0, 0.1) is 0 Å². The first-order valence-electron chi connectivity index (χ1n) is 6.54. The normalized spacial score (nSPS) is 10.9. The van der Waals surface area contributed by atoms with Gasteiger partial charge in [-0.15, -0.1) is 0 Å². The van der Waals surface area contributed by atoms with Gasteiger partial charge in [0, 0.05) is 12.3 Å². The van der Waals surface area contributed by atoms with Crippen LogP contribution in [0.4, 0.5) is 5.82 Å². The minimum atomic E-state index is -0.615. The van der Waals surface area contributed by atoms with Crippen LogP contribution in [0.2, 0.25) is 0 Å². The average Bonchev–Trinajstić information content (AvgIpc) is 2.44. The van der Waals surface area contributed by atoms with Gasteiger partial charge in [0.1, 0.15) is 5.82 Å². The van der Waals surface area contributed by atoms with E-state index < -0.39 is 11.9 Å². The molecule has 1 heterocycles. The first-order valence-corrected chi connectivity index (χ1v) is 6.54. The number of carbonyl (C=O) groups excluding carboxylic acids is 2. The summed E-state index contributed by atoms with van der Waals surface area (Å²) in [7, 11) is 0. The van der Waals surface area contributed by atoms with E-state index in [2.05, 4.69) is 10.3 Å². The van der Waals surface area contributed by atoms with Crippen molar-refractivity contribution < 1.29 is 19.1 Å². The molecular weight excluding hydrogens is 276 g/mol. The molecular formula is C14H18N2O5. The lowest BCUT2D eigenvalue weighted by Gasteiger charge is -2.08. The highest BCUT2D eigenvalue weighted by Gasteiger charge is 2.16. The molecule has 2 N–H and O–H groups in total. The Morgan fingerprint density at radius 1 is 1.24 bits per heavy atom. The summed E-state index contributed by atoms with van der Waals surface area (Å²) < 4.78 is 9.67. The van der Waals surface area contributed by atoms with Gasteiger partial charge >= 0.3 is 11.9 Å². The van der Waals surface area contributed by atoms with Crippen LogP contribution in [0.3, 0.4) is 0 Å². The van der Waals surface area contributed by atoms with Crippen LogP contribution >= 0.6 is 0 Å². The average molecular weight is 294 g/mol. The maximum atomic E-state index is 11.8. The second-order valence-electron chi connectivity index (χ2n) is 3.94. The van der Waals surface area contributed by atoms with Gasteiger partial charge < -0.3 is 19.8 Å². The molecule has 0 aliphatic carbocycles. The molecule has 7 heteroatoms. The number of hydrogen-bond acceptors (Lipinski definition) is 6. The second kappa shape index (κ2) is 8.57. The van der Waals surface area contributed by atoms with Gasteiger partial charge in [-0.2, -0.15) is 0 Å². The zero-order valence-corrected chi connectivity index (χ0v) is 12.0. The Hall–Kier alpha value is -2.57. The first kappa shape index (κ1) is 16.5. The van der Waals surface area contributed by atoms with E-state index in [1.54, 1.807) is 26.0 Å². The Morgan fingerprint density at radius 3 is 2.57 bits per heavy atom. The predicted octanol–water partition coefficient (Wildman–Crippen LogP) is 1.19. The summed E-state index contributed by atoms with van der Waals surface area (Å²) >= 11 is 0. The molecule has 0 atom stereocenters. The van der Waals surface area contributed by atoms with Crippen molar-refractivity contribution in [3.8, 4) is 0 Å². The van der Waals surface area contributed by atoms with E-state index >= 15 is 0 Å². The molecule has 1 rings (SSSR count). The Balaban J connectivity index is 2.84. The van der Waals surface area contributed by atoms with Gasteiger partial charge in [-0.25, -0.2) is 4.79 Å². The van der Waals surface area contributed by atoms with Gasteiger partial charge in [-0.3, -0.25) is 9.59 Å². The Labute approximate surface area is 122 Å². The molecule has 0 radical (unpaired) electrons. The third kappa shape index (κ3) is 5.94. The maximum Gasteiger partial charge on any atom is 0.336 e. The van der Waals surface area contributed by atoms with E-state index in [0.717, 1.165) is 0 Å². The summed E-state index contributed by atoms with van der Waals surface area (Å²) in [6, 6.07) is 4.54. The topological polar surface area (TPSA) is 97.5 Å². The van der Waals surface area contributed by atoms with Crippen LogP contribution in [0.15, 0.2) is 34.8 Å². The maximum absolute atomic E-state index is 11.8. The van der Waals surface area contributed by atoms with Crippen LogP contribution in [0.25, 0.3) is 0 Å². The predicted molar refractivity (Wildman–Crippen MR) is 76.7 cm³/mol. The highest BCUT2D eigenvalue weighted by atomic mass is 16.5. The van der Waals surface area contributed by atoms with E-state index in [1.807, 2.05) is 0 Å². The lowest BCUT2D eigenvalue weighted by Crippen LogP contribution is -2.15. The van der Waals surface area contributed by atoms with Crippen molar-refractivity contribution in [2.24, 2.45) is 0 Å². The fourth-order valence-electron chi connectivity index (χ4n) is 1.47.